The molecule has 2 aliphatic heterocycles. The fourth-order valence-electron chi connectivity index (χ4n) is 3.33. The molecule has 0 bridgehead atoms. The van der Waals surface area contributed by atoms with Gasteiger partial charge in [-0.3, -0.25) is 24.3 Å². The number of hydrogen-bond acceptors (Lipinski definition) is 5. The van der Waals surface area contributed by atoms with E-state index in [1.54, 1.807) is 4.90 Å². The van der Waals surface area contributed by atoms with Gasteiger partial charge in [-0.15, -0.1) is 0 Å². The first-order valence-electron chi connectivity index (χ1n) is 8.37. The molecule has 130 valence electrons. The zero-order valence-electron chi connectivity index (χ0n) is 13.9. The summed E-state index contributed by atoms with van der Waals surface area (Å²) < 4.78 is 0. The minimum atomic E-state index is -0.278. The van der Waals surface area contributed by atoms with Crippen LogP contribution in [0.25, 0.3) is 0 Å². The third-order valence-corrected chi connectivity index (χ3v) is 4.76. The summed E-state index contributed by atoms with van der Waals surface area (Å²) in [5.41, 5.74) is 1.44. The quantitative estimate of drug-likeness (QED) is 0.810. The average molecular weight is 332 g/mol. The van der Waals surface area contributed by atoms with Gasteiger partial charge in [0.15, 0.2) is 0 Å². The van der Waals surface area contributed by atoms with Crippen molar-refractivity contribution in [3.8, 4) is 0 Å². The van der Waals surface area contributed by atoms with Gasteiger partial charge in [-0.05, 0) is 19.1 Å². The number of carbonyl (C=O) groups is 2. The fraction of sp³-hybridized carbons (Fsp3) is 0.529. The minimum absolute atomic E-state index is 0.0482. The van der Waals surface area contributed by atoms with Crippen LogP contribution in [0.3, 0.4) is 0 Å². The van der Waals surface area contributed by atoms with Crippen LogP contribution in [0, 0.1) is 0 Å². The summed E-state index contributed by atoms with van der Waals surface area (Å²) in [5.74, 6) is -0.213. The van der Waals surface area contributed by atoms with Crippen LogP contribution in [-0.4, -0.2) is 78.6 Å². The number of amides is 2. The van der Waals surface area contributed by atoms with Gasteiger partial charge in [0.25, 0.3) is 0 Å². The number of β-amino-alcohol motifs (C(OH)–C–C–N with tert-alkyl or cyclic N) is 1. The summed E-state index contributed by atoms with van der Waals surface area (Å²) in [6.07, 6.45) is 0. The predicted octanol–water partition coefficient (Wildman–Crippen LogP) is -0.0299. The second-order valence-corrected chi connectivity index (χ2v) is 6.27. The molecule has 2 aliphatic rings. The lowest BCUT2D eigenvalue weighted by molar-refractivity contribution is -0.126. The molecule has 7 heteroatoms. The Labute approximate surface area is 141 Å². The van der Waals surface area contributed by atoms with Crippen LogP contribution < -0.4 is 10.2 Å². The Kier molecular flexibility index (Phi) is 5.13. The molecule has 0 aromatic heterocycles. The molecule has 2 N–H and O–H groups in total. The van der Waals surface area contributed by atoms with E-state index in [0.717, 1.165) is 31.9 Å². The number of fused-ring (bicyclic) bond motifs is 1. The van der Waals surface area contributed by atoms with Crippen molar-refractivity contribution in [2.75, 3.05) is 56.1 Å². The molecule has 1 aromatic rings. The van der Waals surface area contributed by atoms with Crippen molar-refractivity contribution in [2.24, 2.45) is 0 Å². The average Bonchev–Trinajstić information content (AvgIpc) is 2.60. The topological polar surface area (TPSA) is 76.1 Å². The van der Waals surface area contributed by atoms with E-state index < -0.39 is 0 Å². The van der Waals surface area contributed by atoms with Crippen molar-refractivity contribution in [2.45, 2.75) is 13.0 Å². The van der Waals surface area contributed by atoms with Crippen LogP contribution in [0.2, 0.25) is 0 Å². The van der Waals surface area contributed by atoms with Crippen LogP contribution in [0.1, 0.15) is 6.92 Å². The summed E-state index contributed by atoms with van der Waals surface area (Å²) in [4.78, 5) is 30.8. The first kappa shape index (κ1) is 16.9. The highest BCUT2D eigenvalue weighted by atomic mass is 16.3. The monoisotopic (exact) mass is 332 g/mol. The van der Waals surface area contributed by atoms with E-state index in [1.165, 1.54) is 0 Å². The fourth-order valence-corrected chi connectivity index (χ4v) is 3.33. The Morgan fingerprint density at radius 2 is 1.96 bits per heavy atom. The molecule has 0 unspecified atom stereocenters. The number of anilines is 2. The van der Waals surface area contributed by atoms with Crippen molar-refractivity contribution in [3.05, 3.63) is 24.3 Å². The van der Waals surface area contributed by atoms with Crippen molar-refractivity contribution < 1.29 is 14.7 Å². The summed E-state index contributed by atoms with van der Waals surface area (Å²) >= 11 is 0. The number of piperazine rings is 1. The third-order valence-electron chi connectivity index (χ3n) is 4.76. The molecule has 1 saturated heterocycles. The standard InChI is InChI=1S/C17H24N4O3/c1-13(20-8-6-19(7-9-20)10-11-22)17(24)21-12-16(23)18-14-4-2-3-5-15(14)21/h2-5,13,22H,6-12H2,1H3,(H,18,23)/t13-/m1/s1. The van der Waals surface area contributed by atoms with Crippen molar-refractivity contribution >= 4 is 23.2 Å². The van der Waals surface area contributed by atoms with Gasteiger partial charge >= 0.3 is 0 Å². The minimum Gasteiger partial charge on any atom is -0.395 e. The van der Waals surface area contributed by atoms with Crippen LogP contribution >= 0.6 is 0 Å². The highest BCUT2D eigenvalue weighted by Crippen LogP contribution is 2.29. The Morgan fingerprint density at radius 3 is 2.67 bits per heavy atom. The van der Waals surface area contributed by atoms with E-state index in [-0.39, 0.29) is 31.0 Å². The Hall–Kier alpha value is -1.96. The Balaban J connectivity index is 1.69. The molecular formula is C17H24N4O3. The largest absolute Gasteiger partial charge is 0.395 e. The predicted molar refractivity (Wildman–Crippen MR) is 92.0 cm³/mol. The van der Waals surface area contributed by atoms with Crippen LogP contribution in [-0.2, 0) is 9.59 Å². The third kappa shape index (κ3) is 3.43. The number of aliphatic hydroxyl groups is 1. The summed E-state index contributed by atoms with van der Waals surface area (Å²) in [6.45, 7) is 6.06. The van der Waals surface area contributed by atoms with E-state index in [4.69, 9.17) is 5.11 Å². The molecule has 2 amide bonds. The van der Waals surface area contributed by atoms with Crippen LogP contribution in [0.4, 0.5) is 11.4 Å². The molecule has 3 rings (SSSR count). The molecule has 1 fully saturated rings. The second-order valence-electron chi connectivity index (χ2n) is 6.27. The summed E-state index contributed by atoms with van der Waals surface area (Å²) in [6, 6.07) is 7.11. The molecule has 2 heterocycles. The number of aliphatic hydroxyl groups excluding tert-OH is 1. The van der Waals surface area contributed by atoms with Crippen LogP contribution in [0.15, 0.2) is 24.3 Å². The maximum atomic E-state index is 13.0. The van der Waals surface area contributed by atoms with Gasteiger partial charge in [0.1, 0.15) is 6.54 Å². The number of nitrogens with zero attached hydrogens (tertiary/aromatic N) is 3. The van der Waals surface area contributed by atoms with Gasteiger partial charge in [-0.1, -0.05) is 12.1 Å². The Morgan fingerprint density at radius 1 is 1.25 bits per heavy atom. The number of nitrogens with one attached hydrogen (secondary N) is 1. The number of hydrogen-bond donors (Lipinski definition) is 2. The lowest BCUT2D eigenvalue weighted by atomic mass is 10.1. The number of rotatable bonds is 4. The number of benzene rings is 1. The number of para-hydroxylation sites is 2. The molecule has 0 saturated carbocycles. The van der Waals surface area contributed by atoms with Crippen LogP contribution in [0.5, 0.6) is 0 Å². The molecule has 24 heavy (non-hydrogen) atoms. The maximum absolute atomic E-state index is 13.0. The van der Waals surface area contributed by atoms with Gasteiger partial charge < -0.3 is 10.4 Å². The van der Waals surface area contributed by atoms with Crippen molar-refractivity contribution in [1.82, 2.24) is 9.80 Å². The lowest BCUT2D eigenvalue weighted by Gasteiger charge is -2.39. The SMILES string of the molecule is C[C@H](C(=O)N1CC(=O)Nc2ccccc21)N1CCN(CCO)CC1. The van der Waals surface area contributed by atoms with Gasteiger partial charge in [-0.25, -0.2) is 0 Å². The summed E-state index contributed by atoms with van der Waals surface area (Å²) in [7, 11) is 0. The normalized spacial score (nSPS) is 20.4. The first-order chi connectivity index (χ1) is 11.6. The molecule has 7 nitrogen and oxygen atoms in total. The lowest BCUT2D eigenvalue weighted by Crippen LogP contribution is -2.56. The molecular weight excluding hydrogens is 308 g/mol. The van der Waals surface area contributed by atoms with E-state index in [2.05, 4.69) is 15.1 Å². The molecule has 0 spiro atoms. The van der Waals surface area contributed by atoms with Gasteiger partial charge in [0, 0.05) is 32.7 Å². The highest BCUT2D eigenvalue weighted by Gasteiger charge is 2.33. The highest BCUT2D eigenvalue weighted by molar-refractivity contribution is 6.11. The maximum Gasteiger partial charge on any atom is 0.244 e. The first-order valence-corrected chi connectivity index (χ1v) is 8.37. The second kappa shape index (κ2) is 7.29. The van der Waals surface area contributed by atoms with Gasteiger partial charge in [-0.2, -0.15) is 0 Å². The number of carbonyl (C=O) groups excluding carboxylic acids is 2. The van der Waals surface area contributed by atoms with E-state index >= 15 is 0 Å². The molecule has 0 radical (unpaired) electrons. The zero-order valence-corrected chi connectivity index (χ0v) is 13.9. The van der Waals surface area contributed by atoms with Gasteiger partial charge in [0.2, 0.25) is 11.8 Å². The summed E-state index contributed by atoms with van der Waals surface area (Å²) in [5, 5.41) is 11.8. The van der Waals surface area contributed by atoms with E-state index in [9.17, 15) is 9.59 Å². The van der Waals surface area contributed by atoms with Crippen molar-refractivity contribution in [3.63, 3.8) is 0 Å². The van der Waals surface area contributed by atoms with Crippen molar-refractivity contribution in [1.29, 1.82) is 0 Å². The molecule has 0 aliphatic carbocycles. The zero-order chi connectivity index (χ0) is 17.1. The Bertz CT molecular complexity index is 614. The van der Waals surface area contributed by atoms with E-state index in [0.29, 0.717) is 12.2 Å². The van der Waals surface area contributed by atoms with E-state index in [1.807, 2.05) is 31.2 Å². The molecule has 1 aromatic carbocycles. The van der Waals surface area contributed by atoms with Gasteiger partial charge in [0.05, 0.1) is 24.0 Å². The smallest absolute Gasteiger partial charge is 0.244 e. The molecule has 1 atom stereocenters.